The minimum atomic E-state index is -0.730. The summed E-state index contributed by atoms with van der Waals surface area (Å²) < 4.78 is 35.8. The summed E-state index contributed by atoms with van der Waals surface area (Å²) in [7, 11) is 0. The van der Waals surface area contributed by atoms with Crippen molar-refractivity contribution in [1.82, 2.24) is 9.78 Å². The lowest BCUT2D eigenvalue weighted by Gasteiger charge is -2.34. The molecule has 0 bridgehead atoms. The van der Waals surface area contributed by atoms with Crippen LogP contribution < -0.4 is 4.90 Å². The fraction of sp³-hybridized carbons (Fsp3) is 0.375. The fourth-order valence-electron chi connectivity index (χ4n) is 2.70. The number of aromatic nitrogens is 2. The highest BCUT2D eigenvalue weighted by atomic mass is 19.1. The largest absolute Gasteiger partial charge is 0.370 e. The molecule has 23 heavy (non-hydrogen) atoms. The molecule has 0 amide bonds. The SMILES string of the molecule is CCn1cc([C@@H]2CN(c3c(F)cc(C#N)cc3F)CCO2)cn1. The van der Waals surface area contributed by atoms with Crippen molar-refractivity contribution >= 4 is 5.69 Å². The first-order valence-electron chi connectivity index (χ1n) is 7.40. The molecule has 3 rings (SSSR count). The van der Waals surface area contributed by atoms with E-state index >= 15 is 0 Å². The lowest BCUT2D eigenvalue weighted by Crippen LogP contribution is -2.39. The van der Waals surface area contributed by atoms with Gasteiger partial charge in [-0.3, -0.25) is 4.68 Å². The molecule has 1 aliphatic rings. The maximum atomic E-state index is 14.2. The smallest absolute Gasteiger partial charge is 0.150 e. The zero-order valence-electron chi connectivity index (χ0n) is 12.7. The molecule has 0 spiro atoms. The third-order valence-corrected chi connectivity index (χ3v) is 3.88. The van der Waals surface area contributed by atoms with Crippen LogP contribution in [0.2, 0.25) is 0 Å². The lowest BCUT2D eigenvalue weighted by atomic mass is 10.1. The Hall–Kier alpha value is -2.46. The first kappa shape index (κ1) is 15.4. The quantitative estimate of drug-likeness (QED) is 0.873. The van der Waals surface area contributed by atoms with Crippen molar-refractivity contribution in [3.63, 3.8) is 0 Å². The maximum absolute atomic E-state index is 14.2. The third kappa shape index (κ3) is 3.03. The van der Waals surface area contributed by atoms with E-state index in [9.17, 15) is 8.78 Å². The Kier molecular flexibility index (Phi) is 4.26. The van der Waals surface area contributed by atoms with Crippen molar-refractivity contribution < 1.29 is 13.5 Å². The van der Waals surface area contributed by atoms with Crippen LogP contribution >= 0.6 is 0 Å². The number of aryl methyl sites for hydroxylation is 1. The van der Waals surface area contributed by atoms with Gasteiger partial charge in [-0.15, -0.1) is 0 Å². The highest BCUT2D eigenvalue weighted by molar-refractivity contribution is 5.53. The fourth-order valence-corrected chi connectivity index (χ4v) is 2.70. The van der Waals surface area contributed by atoms with Crippen molar-refractivity contribution in [2.45, 2.75) is 19.6 Å². The minimum Gasteiger partial charge on any atom is -0.370 e. The molecule has 0 radical (unpaired) electrons. The monoisotopic (exact) mass is 318 g/mol. The average molecular weight is 318 g/mol. The van der Waals surface area contributed by atoms with Crippen molar-refractivity contribution in [2.24, 2.45) is 0 Å². The number of ether oxygens (including phenoxy) is 1. The van der Waals surface area contributed by atoms with Gasteiger partial charge in [0, 0.05) is 31.4 Å². The van der Waals surface area contributed by atoms with E-state index in [4.69, 9.17) is 10.00 Å². The van der Waals surface area contributed by atoms with E-state index in [1.54, 1.807) is 21.8 Å². The molecule has 1 saturated heterocycles. The molecule has 0 unspecified atom stereocenters. The number of rotatable bonds is 3. The molecule has 2 aromatic rings. The second-order valence-corrected chi connectivity index (χ2v) is 5.34. The Labute approximate surface area is 132 Å². The van der Waals surface area contributed by atoms with Gasteiger partial charge < -0.3 is 9.64 Å². The van der Waals surface area contributed by atoms with Crippen LogP contribution in [0.15, 0.2) is 24.5 Å². The van der Waals surface area contributed by atoms with Gasteiger partial charge in [-0.1, -0.05) is 0 Å². The van der Waals surface area contributed by atoms with Crippen molar-refractivity contribution in [2.75, 3.05) is 24.6 Å². The normalized spacial score (nSPS) is 18.0. The first-order valence-corrected chi connectivity index (χ1v) is 7.40. The molecular weight excluding hydrogens is 302 g/mol. The van der Waals surface area contributed by atoms with Crippen molar-refractivity contribution in [3.8, 4) is 6.07 Å². The molecule has 0 saturated carbocycles. The van der Waals surface area contributed by atoms with Gasteiger partial charge in [0.05, 0.1) is 24.4 Å². The van der Waals surface area contributed by atoms with E-state index in [0.717, 1.165) is 24.2 Å². The van der Waals surface area contributed by atoms with Crippen LogP contribution in [0.4, 0.5) is 14.5 Å². The van der Waals surface area contributed by atoms with E-state index in [1.165, 1.54) is 0 Å². The summed E-state index contributed by atoms with van der Waals surface area (Å²) in [6.45, 7) is 3.80. The summed E-state index contributed by atoms with van der Waals surface area (Å²) in [6, 6.07) is 3.86. The van der Waals surface area contributed by atoms with Crippen LogP contribution in [0.5, 0.6) is 0 Å². The summed E-state index contributed by atoms with van der Waals surface area (Å²) in [5.41, 5.74) is 0.740. The molecule has 120 valence electrons. The zero-order chi connectivity index (χ0) is 16.4. The molecule has 1 aromatic carbocycles. The molecular formula is C16H16F2N4O. The van der Waals surface area contributed by atoms with Crippen LogP contribution in [-0.4, -0.2) is 29.5 Å². The van der Waals surface area contributed by atoms with Crippen LogP contribution in [0.3, 0.4) is 0 Å². The number of hydrogen-bond acceptors (Lipinski definition) is 4. The van der Waals surface area contributed by atoms with E-state index in [0.29, 0.717) is 19.7 Å². The average Bonchev–Trinajstić information content (AvgIpc) is 3.03. The van der Waals surface area contributed by atoms with E-state index in [1.807, 2.05) is 13.1 Å². The summed E-state index contributed by atoms with van der Waals surface area (Å²) in [6.07, 6.45) is 3.29. The van der Waals surface area contributed by atoms with E-state index < -0.39 is 11.6 Å². The van der Waals surface area contributed by atoms with Gasteiger partial charge in [-0.2, -0.15) is 10.4 Å². The number of nitriles is 1. The Morgan fingerprint density at radius 3 is 2.74 bits per heavy atom. The Morgan fingerprint density at radius 2 is 2.13 bits per heavy atom. The minimum absolute atomic E-state index is 0.0298. The summed E-state index contributed by atoms with van der Waals surface area (Å²) in [5.74, 6) is -1.46. The van der Waals surface area contributed by atoms with E-state index in [-0.39, 0.29) is 17.4 Å². The molecule has 0 N–H and O–H groups in total. The van der Waals surface area contributed by atoms with Gasteiger partial charge in [-0.05, 0) is 19.1 Å². The van der Waals surface area contributed by atoms with Gasteiger partial charge in [0.25, 0.3) is 0 Å². The standard InChI is InChI=1S/C16H16F2N4O/c1-2-22-9-12(8-20-22)15-10-21(3-4-23-15)16-13(17)5-11(7-19)6-14(16)18/h5-6,8-9,15H,2-4,10H2,1H3/t15-/m0/s1. The number of benzene rings is 1. The third-order valence-electron chi connectivity index (χ3n) is 3.88. The number of morpholine rings is 1. The second kappa shape index (κ2) is 6.34. The predicted octanol–water partition coefficient (Wildman–Crippen LogP) is 2.63. The van der Waals surface area contributed by atoms with Crippen LogP contribution in [0.25, 0.3) is 0 Å². The molecule has 0 aliphatic carbocycles. The van der Waals surface area contributed by atoms with Crippen molar-refractivity contribution in [1.29, 1.82) is 5.26 Å². The van der Waals surface area contributed by atoms with E-state index in [2.05, 4.69) is 5.10 Å². The Bertz CT molecular complexity index is 730. The summed E-state index contributed by atoms with van der Waals surface area (Å²) in [5, 5.41) is 13.0. The molecule has 7 heteroatoms. The summed E-state index contributed by atoms with van der Waals surface area (Å²) in [4.78, 5) is 1.61. The molecule has 1 aliphatic heterocycles. The van der Waals surface area contributed by atoms with Gasteiger partial charge in [0.2, 0.25) is 0 Å². The molecule has 1 atom stereocenters. The second-order valence-electron chi connectivity index (χ2n) is 5.34. The Morgan fingerprint density at radius 1 is 1.39 bits per heavy atom. The number of halogens is 2. The zero-order valence-corrected chi connectivity index (χ0v) is 12.7. The number of nitrogens with zero attached hydrogens (tertiary/aromatic N) is 4. The van der Waals surface area contributed by atoms with Crippen LogP contribution in [0.1, 0.15) is 24.2 Å². The van der Waals surface area contributed by atoms with Crippen LogP contribution in [-0.2, 0) is 11.3 Å². The van der Waals surface area contributed by atoms with Gasteiger partial charge in [0.1, 0.15) is 11.8 Å². The Balaban J connectivity index is 1.85. The topological polar surface area (TPSA) is 54.1 Å². The predicted molar refractivity (Wildman–Crippen MR) is 79.9 cm³/mol. The first-order chi connectivity index (χ1) is 11.1. The molecule has 5 nitrogen and oxygen atoms in total. The number of hydrogen-bond donors (Lipinski definition) is 0. The van der Waals surface area contributed by atoms with Gasteiger partial charge >= 0.3 is 0 Å². The van der Waals surface area contributed by atoms with Gasteiger partial charge in [0.15, 0.2) is 11.6 Å². The van der Waals surface area contributed by atoms with Gasteiger partial charge in [-0.25, -0.2) is 8.78 Å². The van der Waals surface area contributed by atoms with Crippen LogP contribution in [0, 0.1) is 23.0 Å². The number of anilines is 1. The lowest BCUT2D eigenvalue weighted by molar-refractivity contribution is 0.0393. The highest BCUT2D eigenvalue weighted by Gasteiger charge is 2.27. The van der Waals surface area contributed by atoms with Crippen molar-refractivity contribution in [3.05, 3.63) is 47.3 Å². The summed E-state index contributed by atoms with van der Waals surface area (Å²) >= 11 is 0. The molecule has 2 heterocycles. The molecule has 1 fully saturated rings. The maximum Gasteiger partial charge on any atom is 0.150 e. The highest BCUT2D eigenvalue weighted by Crippen LogP contribution is 2.30. The molecule has 1 aromatic heterocycles.